The first kappa shape index (κ1) is 17.7. The highest BCUT2D eigenvalue weighted by atomic mass is 32.2. The van der Waals surface area contributed by atoms with Crippen LogP contribution in [0.1, 0.15) is 20.3 Å². The van der Waals surface area contributed by atoms with Crippen molar-refractivity contribution >= 4 is 19.7 Å². The summed E-state index contributed by atoms with van der Waals surface area (Å²) in [5.41, 5.74) is 1.54. The fourth-order valence-corrected chi connectivity index (χ4v) is 4.53. The van der Waals surface area contributed by atoms with E-state index in [0.29, 0.717) is 11.3 Å². The summed E-state index contributed by atoms with van der Waals surface area (Å²) in [6.45, 7) is 3.43. The van der Waals surface area contributed by atoms with Crippen molar-refractivity contribution < 1.29 is 16.8 Å². The highest BCUT2D eigenvalue weighted by molar-refractivity contribution is 7.91. The molecule has 0 aliphatic heterocycles. The van der Waals surface area contributed by atoms with Crippen molar-refractivity contribution in [2.45, 2.75) is 30.1 Å². The molecule has 0 aliphatic carbocycles. The molecule has 0 atom stereocenters. The van der Waals surface area contributed by atoms with Gasteiger partial charge in [0.25, 0.3) is 0 Å². The lowest BCUT2D eigenvalue weighted by molar-refractivity contribution is 0.594. The van der Waals surface area contributed by atoms with E-state index in [1.807, 2.05) is 13.0 Å². The van der Waals surface area contributed by atoms with Gasteiger partial charge in [-0.3, -0.25) is 0 Å². The van der Waals surface area contributed by atoms with Crippen LogP contribution in [0, 0.1) is 0 Å². The Hall–Kier alpha value is -1.66. The lowest BCUT2D eigenvalue weighted by Crippen LogP contribution is -2.05. The van der Waals surface area contributed by atoms with Gasteiger partial charge in [-0.1, -0.05) is 38.1 Å². The first-order valence-electron chi connectivity index (χ1n) is 7.46. The summed E-state index contributed by atoms with van der Waals surface area (Å²) in [5, 5.41) is 0. The monoisotopic (exact) mass is 352 g/mol. The van der Waals surface area contributed by atoms with Crippen LogP contribution in [0.3, 0.4) is 0 Å². The van der Waals surface area contributed by atoms with Crippen LogP contribution in [0.15, 0.2) is 58.3 Å². The van der Waals surface area contributed by atoms with Gasteiger partial charge in [0.15, 0.2) is 19.7 Å². The Morgan fingerprint density at radius 2 is 1.39 bits per heavy atom. The molecule has 0 unspecified atom stereocenters. The van der Waals surface area contributed by atoms with Gasteiger partial charge in [-0.2, -0.15) is 0 Å². The topological polar surface area (TPSA) is 68.3 Å². The Morgan fingerprint density at radius 1 is 0.739 bits per heavy atom. The predicted octanol–water partition coefficient (Wildman–Crippen LogP) is 3.33. The standard InChI is InChI=1S/C17H20O4S2/c1-3-12-23(20,21)17-7-5-6-15(13-17)14-8-10-16(11-9-14)22(18,19)4-2/h5-11,13H,3-4,12H2,1-2H3. The van der Waals surface area contributed by atoms with Crippen molar-refractivity contribution in [1.29, 1.82) is 0 Å². The van der Waals surface area contributed by atoms with E-state index in [1.165, 1.54) is 0 Å². The van der Waals surface area contributed by atoms with Crippen LogP contribution < -0.4 is 0 Å². The summed E-state index contributed by atoms with van der Waals surface area (Å²) in [6.07, 6.45) is 0.566. The molecule has 0 aliphatic rings. The summed E-state index contributed by atoms with van der Waals surface area (Å²) in [6, 6.07) is 13.3. The van der Waals surface area contributed by atoms with Crippen LogP contribution in [-0.4, -0.2) is 28.3 Å². The maximum Gasteiger partial charge on any atom is 0.178 e. The fraction of sp³-hybridized carbons (Fsp3) is 0.294. The van der Waals surface area contributed by atoms with Crippen molar-refractivity contribution in [3.05, 3.63) is 48.5 Å². The average Bonchev–Trinajstić information content (AvgIpc) is 2.55. The molecule has 0 fully saturated rings. The van der Waals surface area contributed by atoms with Crippen LogP contribution in [0.5, 0.6) is 0 Å². The summed E-state index contributed by atoms with van der Waals surface area (Å²) in [5.74, 6) is 0.168. The van der Waals surface area contributed by atoms with Crippen LogP contribution in [0.25, 0.3) is 11.1 Å². The number of hydrogen-bond donors (Lipinski definition) is 0. The number of hydrogen-bond acceptors (Lipinski definition) is 4. The molecule has 0 N–H and O–H groups in total. The van der Waals surface area contributed by atoms with Crippen molar-refractivity contribution in [2.24, 2.45) is 0 Å². The molecule has 2 aromatic rings. The number of rotatable bonds is 6. The summed E-state index contributed by atoms with van der Waals surface area (Å²) in [4.78, 5) is 0.570. The second-order valence-corrected chi connectivity index (χ2v) is 9.66. The van der Waals surface area contributed by atoms with E-state index < -0.39 is 19.7 Å². The first-order valence-corrected chi connectivity index (χ1v) is 10.8. The maximum absolute atomic E-state index is 12.2. The molecule has 0 heterocycles. The van der Waals surface area contributed by atoms with E-state index in [-0.39, 0.29) is 16.4 Å². The average molecular weight is 352 g/mol. The fourth-order valence-electron chi connectivity index (χ4n) is 2.28. The van der Waals surface area contributed by atoms with Crippen molar-refractivity contribution in [3.8, 4) is 11.1 Å². The van der Waals surface area contributed by atoms with Crippen LogP contribution in [0.4, 0.5) is 0 Å². The molecule has 0 amide bonds. The molecule has 0 saturated heterocycles. The van der Waals surface area contributed by atoms with E-state index in [2.05, 4.69) is 0 Å². The molecular weight excluding hydrogens is 332 g/mol. The van der Waals surface area contributed by atoms with Crippen molar-refractivity contribution in [2.75, 3.05) is 11.5 Å². The third-order valence-electron chi connectivity index (χ3n) is 3.59. The molecule has 6 heteroatoms. The third kappa shape index (κ3) is 4.00. The molecule has 0 spiro atoms. The highest BCUT2D eigenvalue weighted by Gasteiger charge is 2.14. The lowest BCUT2D eigenvalue weighted by atomic mass is 10.1. The van der Waals surface area contributed by atoms with Gasteiger partial charge in [0.05, 0.1) is 21.3 Å². The molecular formula is C17H20O4S2. The molecule has 124 valence electrons. The zero-order valence-corrected chi connectivity index (χ0v) is 14.8. The van der Waals surface area contributed by atoms with Gasteiger partial charge in [0, 0.05) is 0 Å². The molecule has 23 heavy (non-hydrogen) atoms. The van der Waals surface area contributed by atoms with E-state index in [9.17, 15) is 16.8 Å². The molecule has 0 aromatic heterocycles. The zero-order valence-electron chi connectivity index (χ0n) is 13.2. The highest BCUT2D eigenvalue weighted by Crippen LogP contribution is 2.25. The molecule has 2 aromatic carbocycles. The van der Waals surface area contributed by atoms with Crippen LogP contribution in [0.2, 0.25) is 0 Å². The molecule has 0 bridgehead atoms. The summed E-state index contributed by atoms with van der Waals surface area (Å²) in [7, 11) is -6.50. The Morgan fingerprint density at radius 3 is 1.96 bits per heavy atom. The van der Waals surface area contributed by atoms with Gasteiger partial charge in [-0.15, -0.1) is 0 Å². The Labute approximate surface area is 138 Å². The number of sulfone groups is 2. The van der Waals surface area contributed by atoms with Crippen LogP contribution >= 0.6 is 0 Å². The van der Waals surface area contributed by atoms with E-state index in [1.54, 1.807) is 49.4 Å². The molecule has 4 nitrogen and oxygen atoms in total. The Balaban J connectivity index is 2.40. The number of benzene rings is 2. The normalized spacial score (nSPS) is 12.3. The van der Waals surface area contributed by atoms with Gasteiger partial charge >= 0.3 is 0 Å². The quantitative estimate of drug-likeness (QED) is 0.800. The zero-order chi connectivity index (χ0) is 17.1. The smallest absolute Gasteiger partial charge is 0.178 e. The van der Waals surface area contributed by atoms with Crippen molar-refractivity contribution in [3.63, 3.8) is 0 Å². The minimum Gasteiger partial charge on any atom is -0.224 e. The Bertz CT molecular complexity index is 880. The van der Waals surface area contributed by atoms with Crippen molar-refractivity contribution in [1.82, 2.24) is 0 Å². The second-order valence-electron chi connectivity index (χ2n) is 5.27. The molecule has 2 rings (SSSR count). The second kappa shape index (κ2) is 6.84. The largest absolute Gasteiger partial charge is 0.224 e. The third-order valence-corrected chi connectivity index (χ3v) is 7.26. The van der Waals surface area contributed by atoms with Gasteiger partial charge in [-0.05, 0) is 41.8 Å². The minimum atomic E-state index is -3.27. The molecule has 0 saturated carbocycles. The summed E-state index contributed by atoms with van der Waals surface area (Å²) >= 11 is 0. The Kier molecular flexibility index (Phi) is 5.26. The van der Waals surface area contributed by atoms with Gasteiger partial charge in [0.1, 0.15) is 0 Å². The maximum atomic E-state index is 12.2. The van der Waals surface area contributed by atoms with Gasteiger partial charge in [0.2, 0.25) is 0 Å². The summed E-state index contributed by atoms with van der Waals surface area (Å²) < 4.78 is 48.0. The lowest BCUT2D eigenvalue weighted by Gasteiger charge is -2.07. The van der Waals surface area contributed by atoms with E-state index in [0.717, 1.165) is 11.1 Å². The van der Waals surface area contributed by atoms with Gasteiger partial charge < -0.3 is 0 Å². The van der Waals surface area contributed by atoms with Crippen LogP contribution in [-0.2, 0) is 19.7 Å². The van der Waals surface area contributed by atoms with E-state index in [4.69, 9.17) is 0 Å². The predicted molar refractivity (Wildman–Crippen MR) is 91.9 cm³/mol. The van der Waals surface area contributed by atoms with Gasteiger partial charge in [-0.25, -0.2) is 16.8 Å². The first-order chi connectivity index (χ1) is 10.8. The SMILES string of the molecule is CCCS(=O)(=O)c1cccc(-c2ccc(S(=O)(=O)CC)cc2)c1. The minimum absolute atomic E-state index is 0.0527. The van der Waals surface area contributed by atoms with E-state index >= 15 is 0 Å². The molecule has 0 radical (unpaired) electrons.